The van der Waals surface area contributed by atoms with E-state index in [-0.39, 0.29) is 0 Å². The topological polar surface area (TPSA) is 55.1 Å². The highest BCUT2D eigenvalue weighted by molar-refractivity contribution is 5.92. The third-order valence-corrected chi connectivity index (χ3v) is 2.63. The number of carbonyl (C=O) groups is 1. The zero-order valence-corrected chi connectivity index (χ0v) is 9.99. The molecule has 0 saturated heterocycles. The van der Waals surface area contributed by atoms with E-state index in [4.69, 9.17) is 5.73 Å². The van der Waals surface area contributed by atoms with E-state index in [1.54, 1.807) is 24.3 Å². The van der Waals surface area contributed by atoms with Gasteiger partial charge in [-0.1, -0.05) is 12.1 Å². The number of hydrogen-bond acceptors (Lipinski definition) is 2. The van der Waals surface area contributed by atoms with Crippen LogP contribution in [0, 0.1) is 11.6 Å². The van der Waals surface area contributed by atoms with Gasteiger partial charge in [-0.3, -0.25) is 4.79 Å². The first-order valence-corrected chi connectivity index (χ1v) is 5.64. The van der Waals surface area contributed by atoms with Crippen LogP contribution >= 0.6 is 0 Å². The maximum absolute atomic E-state index is 13.0. The lowest BCUT2D eigenvalue weighted by atomic mass is 10.1. The van der Waals surface area contributed by atoms with E-state index in [0.29, 0.717) is 17.8 Å². The van der Waals surface area contributed by atoms with Crippen LogP contribution in [0.25, 0.3) is 0 Å². The normalized spacial score (nSPS) is 10.2. The number of benzene rings is 2. The lowest BCUT2D eigenvalue weighted by Crippen LogP contribution is -2.11. The molecule has 0 radical (unpaired) electrons. The quantitative estimate of drug-likeness (QED) is 0.890. The van der Waals surface area contributed by atoms with Crippen molar-refractivity contribution in [2.45, 2.75) is 6.54 Å². The fourth-order valence-corrected chi connectivity index (χ4v) is 1.64. The SMILES string of the molecule is NC(=O)c1cccc(CNc2ccc(F)c(F)c2)c1. The van der Waals surface area contributed by atoms with Crippen LogP contribution in [0.1, 0.15) is 15.9 Å². The summed E-state index contributed by atoms with van der Waals surface area (Å²) in [4.78, 5) is 11.0. The predicted molar refractivity (Wildman–Crippen MR) is 68.6 cm³/mol. The number of halogens is 2. The van der Waals surface area contributed by atoms with Gasteiger partial charge in [0.05, 0.1) is 0 Å². The van der Waals surface area contributed by atoms with Gasteiger partial charge in [0, 0.05) is 23.9 Å². The molecule has 0 bridgehead atoms. The molecule has 2 aromatic carbocycles. The summed E-state index contributed by atoms with van der Waals surface area (Å²) in [6.07, 6.45) is 0. The second kappa shape index (κ2) is 5.48. The van der Waals surface area contributed by atoms with Gasteiger partial charge in [-0.25, -0.2) is 8.78 Å². The zero-order valence-electron chi connectivity index (χ0n) is 9.99. The Labute approximate surface area is 109 Å². The predicted octanol–water partition coefficient (Wildman–Crippen LogP) is 2.68. The van der Waals surface area contributed by atoms with Crippen LogP contribution in [-0.2, 0) is 6.54 Å². The molecule has 0 fully saturated rings. The Kier molecular flexibility index (Phi) is 3.75. The number of hydrogen-bond donors (Lipinski definition) is 2. The van der Waals surface area contributed by atoms with Crippen molar-refractivity contribution in [2.75, 3.05) is 5.32 Å². The summed E-state index contributed by atoms with van der Waals surface area (Å²) < 4.78 is 25.7. The van der Waals surface area contributed by atoms with Gasteiger partial charge in [0.1, 0.15) is 0 Å². The molecule has 1 amide bonds. The number of carbonyl (C=O) groups excluding carboxylic acids is 1. The third kappa shape index (κ3) is 3.28. The lowest BCUT2D eigenvalue weighted by molar-refractivity contribution is 0.1000. The first kappa shape index (κ1) is 13.0. The van der Waals surface area contributed by atoms with Gasteiger partial charge in [-0.15, -0.1) is 0 Å². The fraction of sp³-hybridized carbons (Fsp3) is 0.0714. The van der Waals surface area contributed by atoms with E-state index in [9.17, 15) is 13.6 Å². The van der Waals surface area contributed by atoms with Crippen LogP contribution in [0.5, 0.6) is 0 Å². The second-order valence-corrected chi connectivity index (χ2v) is 4.05. The largest absolute Gasteiger partial charge is 0.381 e. The Hall–Kier alpha value is -2.43. The molecule has 0 aliphatic rings. The molecule has 98 valence electrons. The molecule has 2 rings (SSSR count). The third-order valence-electron chi connectivity index (χ3n) is 2.63. The van der Waals surface area contributed by atoms with Crippen molar-refractivity contribution in [1.82, 2.24) is 0 Å². The number of primary amides is 1. The van der Waals surface area contributed by atoms with Crippen LogP contribution in [0.2, 0.25) is 0 Å². The van der Waals surface area contributed by atoms with Crippen molar-refractivity contribution in [3.63, 3.8) is 0 Å². The Balaban J connectivity index is 2.07. The van der Waals surface area contributed by atoms with Gasteiger partial charge >= 0.3 is 0 Å². The number of anilines is 1. The van der Waals surface area contributed by atoms with E-state index < -0.39 is 17.5 Å². The molecule has 0 heterocycles. The van der Waals surface area contributed by atoms with Crippen LogP contribution in [0.4, 0.5) is 14.5 Å². The maximum atomic E-state index is 13.0. The molecule has 0 saturated carbocycles. The number of nitrogens with one attached hydrogen (secondary N) is 1. The van der Waals surface area contributed by atoms with E-state index in [1.165, 1.54) is 6.07 Å². The Bertz CT molecular complexity index is 614. The Morgan fingerprint density at radius 3 is 2.58 bits per heavy atom. The summed E-state index contributed by atoms with van der Waals surface area (Å²) in [6, 6.07) is 10.3. The molecule has 0 atom stereocenters. The fourth-order valence-electron chi connectivity index (χ4n) is 1.64. The summed E-state index contributed by atoms with van der Waals surface area (Å²) in [7, 11) is 0. The highest BCUT2D eigenvalue weighted by Gasteiger charge is 2.03. The smallest absolute Gasteiger partial charge is 0.248 e. The molecular formula is C14H12F2N2O. The molecule has 0 aliphatic heterocycles. The van der Waals surface area contributed by atoms with E-state index in [2.05, 4.69) is 5.32 Å². The van der Waals surface area contributed by atoms with Gasteiger partial charge in [-0.2, -0.15) is 0 Å². The van der Waals surface area contributed by atoms with Gasteiger partial charge in [0.25, 0.3) is 0 Å². The van der Waals surface area contributed by atoms with Crippen molar-refractivity contribution in [3.05, 3.63) is 65.2 Å². The molecule has 3 nitrogen and oxygen atoms in total. The zero-order chi connectivity index (χ0) is 13.8. The molecule has 19 heavy (non-hydrogen) atoms. The summed E-state index contributed by atoms with van der Waals surface area (Å²) in [5.41, 5.74) is 6.86. The van der Waals surface area contributed by atoms with Gasteiger partial charge in [0.15, 0.2) is 11.6 Å². The summed E-state index contributed by atoms with van der Waals surface area (Å²) in [5, 5.41) is 2.94. The van der Waals surface area contributed by atoms with Crippen molar-refractivity contribution >= 4 is 11.6 Å². The summed E-state index contributed by atoms with van der Waals surface area (Å²) >= 11 is 0. The minimum atomic E-state index is -0.907. The summed E-state index contributed by atoms with van der Waals surface area (Å²) in [6.45, 7) is 0.381. The van der Waals surface area contributed by atoms with Crippen LogP contribution in [0.3, 0.4) is 0 Å². The molecule has 0 spiro atoms. The molecular weight excluding hydrogens is 250 g/mol. The van der Waals surface area contributed by atoms with E-state index in [1.807, 2.05) is 0 Å². The van der Waals surface area contributed by atoms with Crippen LogP contribution < -0.4 is 11.1 Å². The first-order chi connectivity index (χ1) is 9.06. The Morgan fingerprint density at radius 2 is 1.89 bits per heavy atom. The highest BCUT2D eigenvalue weighted by atomic mass is 19.2. The van der Waals surface area contributed by atoms with Crippen molar-refractivity contribution in [3.8, 4) is 0 Å². The maximum Gasteiger partial charge on any atom is 0.248 e. The van der Waals surface area contributed by atoms with Crippen molar-refractivity contribution < 1.29 is 13.6 Å². The van der Waals surface area contributed by atoms with Gasteiger partial charge in [-0.05, 0) is 29.8 Å². The van der Waals surface area contributed by atoms with Crippen LogP contribution in [-0.4, -0.2) is 5.91 Å². The van der Waals surface area contributed by atoms with Crippen LogP contribution in [0.15, 0.2) is 42.5 Å². The minimum Gasteiger partial charge on any atom is -0.381 e. The summed E-state index contributed by atoms with van der Waals surface area (Å²) in [5.74, 6) is -2.30. The second-order valence-electron chi connectivity index (χ2n) is 4.05. The number of amides is 1. The van der Waals surface area contributed by atoms with Crippen molar-refractivity contribution in [2.24, 2.45) is 5.73 Å². The van der Waals surface area contributed by atoms with E-state index >= 15 is 0 Å². The number of nitrogens with two attached hydrogens (primary N) is 1. The van der Waals surface area contributed by atoms with Gasteiger partial charge in [0.2, 0.25) is 5.91 Å². The molecule has 5 heteroatoms. The minimum absolute atomic E-state index is 0.381. The average molecular weight is 262 g/mol. The number of rotatable bonds is 4. The molecule has 0 unspecified atom stereocenters. The van der Waals surface area contributed by atoms with Gasteiger partial charge < -0.3 is 11.1 Å². The molecule has 3 N–H and O–H groups in total. The lowest BCUT2D eigenvalue weighted by Gasteiger charge is -2.07. The molecule has 2 aromatic rings. The molecule has 0 aliphatic carbocycles. The van der Waals surface area contributed by atoms with Crippen molar-refractivity contribution in [1.29, 1.82) is 0 Å². The first-order valence-electron chi connectivity index (χ1n) is 5.64. The monoisotopic (exact) mass is 262 g/mol. The highest BCUT2D eigenvalue weighted by Crippen LogP contribution is 2.14. The Morgan fingerprint density at radius 1 is 1.11 bits per heavy atom. The van der Waals surface area contributed by atoms with E-state index in [0.717, 1.165) is 17.7 Å². The molecule has 0 aromatic heterocycles. The standard InChI is InChI=1S/C14H12F2N2O/c15-12-5-4-11(7-13(12)16)18-8-9-2-1-3-10(6-9)14(17)19/h1-7,18H,8H2,(H2,17,19). The average Bonchev–Trinajstić information content (AvgIpc) is 2.40.